The average Bonchev–Trinajstić information content (AvgIpc) is 2.97. The van der Waals surface area contributed by atoms with Crippen molar-refractivity contribution in [3.05, 3.63) is 29.3 Å². The van der Waals surface area contributed by atoms with E-state index in [1.54, 1.807) is 0 Å². The number of hydrogen-bond donors (Lipinski definition) is 2. The standard InChI is InChI=1S/C14H20N2/c1-2-6-12(5-1)16-10-11-4-3-7-14-13(11)8-9-15-14/h3-4,7,12,15-16H,1-2,5-6,8-10H2. The first-order chi connectivity index (χ1) is 7.93. The van der Waals surface area contributed by atoms with Gasteiger partial charge in [0.1, 0.15) is 0 Å². The second kappa shape index (κ2) is 4.46. The van der Waals surface area contributed by atoms with Crippen LogP contribution in [-0.4, -0.2) is 12.6 Å². The SMILES string of the molecule is c1cc(CNC2CCCC2)c2c(c1)NCC2. The molecule has 1 aliphatic carbocycles. The van der Waals surface area contributed by atoms with E-state index in [0.717, 1.165) is 19.1 Å². The predicted octanol–water partition coefficient (Wildman–Crippen LogP) is 2.69. The molecular weight excluding hydrogens is 196 g/mol. The molecule has 2 heteroatoms. The Balaban J connectivity index is 1.67. The summed E-state index contributed by atoms with van der Waals surface area (Å²) in [6.07, 6.45) is 6.75. The monoisotopic (exact) mass is 216 g/mol. The molecule has 16 heavy (non-hydrogen) atoms. The summed E-state index contributed by atoms with van der Waals surface area (Å²) in [5.41, 5.74) is 4.38. The molecule has 86 valence electrons. The van der Waals surface area contributed by atoms with Gasteiger partial charge in [0.2, 0.25) is 0 Å². The van der Waals surface area contributed by atoms with Gasteiger partial charge in [-0.05, 0) is 36.5 Å². The molecule has 2 nitrogen and oxygen atoms in total. The van der Waals surface area contributed by atoms with Crippen molar-refractivity contribution in [3.8, 4) is 0 Å². The van der Waals surface area contributed by atoms with E-state index in [9.17, 15) is 0 Å². The Labute approximate surface area is 97.4 Å². The minimum atomic E-state index is 0.769. The quantitative estimate of drug-likeness (QED) is 0.811. The van der Waals surface area contributed by atoms with Gasteiger partial charge in [0, 0.05) is 24.8 Å². The van der Waals surface area contributed by atoms with Gasteiger partial charge in [0.05, 0.1) is 0 Å². The first kappa shape index (κ1) is 10.2. The zero-order valence-electron chi connectivity index (χ0n) is 9.76. The van der Waals surface area contributed by atoms with Crippen LogP contribution in [0.2, 0.25) is 0 Å². The molecule has 1 fully saturated rings. The molecule has 0 amide bonds. The van der Waals surface area contributed by atoms with E-state index >= 15 is 0 Å². The van der Waals surface area contributed by atoms with Gasteiger partial charge in [0.15, 0.2) is 0 Å². The highest BCUT2D eigenvalue weighted by Gasteiger charge is 2.16. The van der Waals surface area contributed by atoms with Crippen molar-refractivity contribution >= 4 is 5.69 Å². The molecule has 1 aromatic carbocycles. The lowest BCUT2D eigenvalue weighted by molar-refractivity contribution is 0.523. The van der Waals surface area contributed by atoms with E-state index in [0.29, 0.717) is 0 Å². The highest BCUT2D eigenvalue weighted by molar-refractivity contribution is 5.58. The van der Waals surface area contributed by atoms with Crippen LogP contribution in [0.5, 0.6) is 0 Å². The van der Waals surface area contributed by atoms with Crippen LogP contribution in [0.3, 0.4) is 0 Å². The van der Waals surface area contributed by atoms with E-state index in [4.69, 9.17) is 0 Å². The van der Waals surface area contributed by atoms with E-state index < -0.39 is 0 Å². The Morgan fingerprint density at radius 3 is 3.00 bits per heavy atom. The molecule has 1 heterocycles. The van der Waals surface area contributed by atoms with Gasteiger partial charge in [-0.3, -0.25) is 0 Å². The third-order valence-corrected chi connectivity index (χ3v) is 3.90. The van der Waals surface area contributed by atoms with Crippen LogP contribution >= 0.6 is 0 Å². The first-order valence-electron chi connectivity index (χ1n) is 6.51. The fraction of sp³-hybridized carbons (Fsp3) is 0.571. The van der Waals surface area contributed by atoms with Crippen LogP contribution in [0.15, 0.2) is 18.2 Å². The van der Waals surface area contributed by atoms with Crippen LogP contribution in [0.4, 0.5) is 5.69 Å². The average molecular weight is 216 g/mol. The Morgan fingerprint density at radius 1 is 1.25 bits per heavy atom. The number of anilines is 1. The summed E-state index contributed by atoms with van der Waals surface area (Å²) in [6.45, 7) is 2.16. The lowest BCUT2D eigenvalue weighted by atomic mass is 10.0. The van der Waals surface area contributed by atoms with Crippen LogP contribution in [0.1, 0.15) is 36.8 Å². The lowest BCUT2D eigenvalue weighted by Gasteiger charge is -2.14. The van der Waals surface area contributed by atoms with Crippen molar-refractivity contribution in [1.82, 2.24) is 5.32 Å². The zero-order valence-corrected chi connectivity index (χ0v) is 9.76. The Morgan fingerprint density at radius 2 is 2.12 bits per heavy atom. The Bertz CT molecular complexity index is 367. The summed E-state index contributed by atoms with van der Waals surface area (Å²) in [4.78, 5) is 0. The number of nitrogens with one attached hydrogen (secondary N) is 2. The molecule has 0 radical (unpaired) electrons. The van der Waals surface area contributed by atoms with E-state index in [1.165, 1.54) is 48.9 Å². The van der Waals surface area contributed by atoms with Gasteiger partial charge in [-0.2, -0.15) is 0 Å². The first-order valence-corrected chi connectivity index (χ1v) is 6.51. The zero-order chi connectivity index (χ0) is 10.8. The minimum absolute atomic E-state index is 0.769. The van der Waals surface area contributed by atoms with Crippen molar-refractivity contribution in [3.63, 3.8) is 0 Å². The van der Waals surface area contributed by atoms with Crippen molar-refractivity contribution in [2.75, 3.05) is 11.9 Å². The fourth-order valence-corrected chi connectivity index (χ4v) is 2.97. The smallest absolute Gasteiger partial charge is 0.0376 e. The largest absolute Gasteiger partial charge is 0.384 e. The lowest BCUT2D eigenvalue weighted by Crippen LogP contribution is -2.25. The number of benzene rings is 1. The number of rotatable bonds is 3. The Hall–Kier alpha value is -1.02. The van der Waals surface area contributed by atoms with Crippen molar-refractivity contribution < 1.29 is 0 Å². The van der Waals surface area contributed by atoms with E-state index in [1.807, 2.05) is 0 Å². The molecular formula is C14H20N2. The van der Waals surface area contributed by atoms with Gasteiger partial charge < -0.3 is 10.6 Å². The van der Waals surface area contributed by atoms with Crippen LogP contribution < -0.4 is 10.6 Å². The highest BCUT2D eigenvalue weighted by Crippen LogP contribution is 2.26. The summed E-state index contributed by atoms with van der Waals surface area (Å²) in [5.74, 6) is 0. The predicted molar refractivity (Wildman–Crippen MR) is 67.7 cm³/mol. The molecule has 0 unspecified atom stereocenters. The highest BCUT2D eigenvalue weighted by atomic mass is 14.9. The van der Waals surface area contributed by atoms with Crippen LogP contribution in [0, 0.1) is 0 Å². The molecule has 0 spiro atoms. The van der Waals surface area contributed by atoms with Crippen LogP contribution in [0.25, 0.3) is 0 Å². The number of fused-ring (bicyclic) bond motifs is 1. The van der Waals surface area contributed by atoms with Crippen molar-refractivity contribution in [2.24, 2.45) is 0 Å². The third-order valence-electron chi connectivity index (χ3n) is 3.90. The van der Waals surface area contributed by atoms with Crippen molar-refractivity contribution in [1.29, 1.82) is 0 Å². The van der Waals surface area contributed by atoms with Gasteiger partial charge >= 0.3 is 0 Å². The van der Waals surface area contributed by atoms with Gasteiger partial charge in [-0.1, -0.05) is 25.0 Å². The normalized spacial score (nSPS) is 19.8. The molecule has 0 bridgehead atoms. The van der Waals surface area contributed by atoms with Gasteiger partial charge in [-0.25, -0.2) is 0 Å². The summed E-state index contributed by atoms with van der Waals surface area (Å²) in [6, 6.07) is 7.41. The van der Waals surface area contributed by atoms with E-state index in [-0.39, 0.29) is 0 Å². The summed E-state index contributed by atoms with van der Waals surface area (Å²) in [5, 5.41) is 7.14. The Kier molecular flexibility index (Phi) is 2.83. The van der Waals surface area contributed by atoms with Crippen molar-refractivity contribution in [2.45, 2.75) is 44.7 Å². The second-order valence-corrected chi connectivity index (χ2v) is 4.98. The molecule has 2 N–H and O–H groups in total. The third kappa shape index (κ3) is 1.94. The maximum atomic E-state index is 3.70. The summed E-state index contributed by atoms with van der Waals surface area (Å²) >= 11 is 0. The van der Waals surface area contributed by atoms with Gasteiger partial charge in [-0.15, -0.1) is 0 Å². The summed E-state index contributed by atoms with van der Waals surface area (Å²) in [7, 11) is 0. The van der Waals surface area contributed by atoms with Gasteiger partial charge in [0.25, 0.3) is 0 Å². The molecule has 3 rings (SSSR count). The van der Waals surface area contributed by atoms with E-state index in [2.05, 4.69) is 28.8 Å². The molecule has 1 saturated carbocycles. The second-order valence-electron chi connectivity index (χ2n) is 4.98. The maximum Gasteiger partial charge on any atom is 0.0376 e. The molecule has 0 saturated heterocycles. The summed E-state index contributed by atoms with van der Waals surface area (Å²) < 4.78 is 0. The maximum absolute atomic E-state index is 3.70. The molecule has 2 aliphatic rings. The molecule has 1 aromatic rings. The minimum Gasteiger partial charge on any atom is -0.384 e. The number of hydrogen-bond acceptors (Lipinski definition) is 2. The fourth-order valence-electron chi connectivity index (χ4n) is 2.97. The molecule has 0 aromatic heterocycles. The molecule has 1 aliphatic heterocycles. The van der Waals surface area contributed by atoms with Crippen LogP contribution in [-0.2, 0) is 13.0 Å². The molecule has 0 atom stereocenters. The topological polar surface area (TPSA) is 24.1 Å².